The van der Waals surface area contributed by atoms with E-state index in [2.05, 4.69) is 31.2 Å². The molecule has 1 aliphatic rings. The first-order valence-corrected chi connectivity index (χ1v) is 11.5. The minimum absolute atomic E-state index is 0.0365. The number of nitrogens with zero attached hydrogens (tertiary/aromatic N) is 4. The summed E-state index contributed by atoms with van der Waals surface area (Å²) >= 11 is 0. The molecule has 1 fully saturated rings. The normalized spacial score (nSPS) is 17.2. The summed E-state index contributed by atoms with van der Waals surface area (Å²) in [5.41, 5.74) is 3.96. The van der Waals surface area contributed by atoms with E-state index in [1.165, 1.54) is 5.56 Å². The summed E-state index contributed by atoms with van der Waals surface area (Å²) in [6, 6.07) is 18.9. The van der Waals surface area contributed by atoms with Gasteiger partial charge < -0.3 is 4.90 Å². The number of anilines is 1. The third kappa shape index (κ3) is 4.08. The molecule has 0 saturated carbocycles. The lowest BCUT2D eigenvalue weighted by atomic mass is 10.0. The zero-order valence-corrected chi connectivity index (χ0v) is 18.3. The summed E-state index contributed by atoms with van der Waals surface area (Å²) in [6.45, 7) is 2.97. The maximum Gasteiger partial charge on any atom is 0.243 e. The highest BCUT2D eigenvalue weighted by molar-refractivity contribution is 7.89. The van der Waals surface area contributed by atoms with Gasteiger partial charge in [0, 0.05) is 38.7 Å². The monoisotopic (exact) mass is 422 g/mol. The van der Waals surface area contributed by atoms with Crippen LogP contribution in [0, 0.1) is 6.92 Å². The van der Waals surface area contributed by atoms with Gasteiger partial charge in [-0.3, -0.25) is 0 Å². The highest BCUT2D eigenvalue weighted by atomic mass is 32.2. The SMILES string of the molecule is Cc1ccc(-c2cc([C@@H]3CCN(S(=O)(=O)c4ccccc4)C3)nc(N(C)C)n2)cc1. The maximum atomic E-state index is 13.0. The summed E-state index contributed by atoms with van der Waals surface area (Å²) in [7, 11) is 0.337. The Hall–Kier alpha value is -2.77. The van der Waals surface area contributed by atoms with Gasteiger partial charge in [-0.05, 0) is 31.5 Å². The van der Waals surface area contributed by atoms with Gasteiger partial charge in [0.15, 0.2) is 0 Å². The van der Waals surface area contributed by atoms with Crippen molar-refractivity contribution >= 4 is 16.0 Å². The summed E-state index contributed by atoms with van der Waals surface area (Å²) in [6.07, 6.45) is 0.739. The quantitative estimate of drug-likeness (QED) is 0.627. The van der Waals surface area contributed by atoms with Crippen molar-refractivity contribution < 1.29 is 8.42 Å². The van der Waals surface area contributed by atoms with Gasteiger partial charge in [0.1, 0.15) is 0 Å². The molecular formula is C23H26N4O2S. The van der Waals surface area contributed by atoms with Crippen molar-refractivity contribution in [3.8, 4) is 11.3 Å². The molecule has 7 heteroatoms. The first kappa shape index (κ1) is 20.5. The van der Waals surface area contributed by atoms with Crippen LogP contribution in [0.2, 0.25) is 0 Å². The van der Waals surface area contributed by atoms with Crippen LogP contribution in [0.3, 0.4) is 0 Å². The first-order chi connectivity index (χ1) is 14.3. The third-order valence-corrected chi connectivity index (χ3v) is 7.31. The van der Waals surface area contributed by atoms with Crippen molar-refractivity contribution in [1.82, 2.24) is 14.3 Å². The molecule has 30 heavy (non-hydrogen) atoms. The van der Waals surface area contributed by atoms with Crippen molar-refractivity contribution in [1.29, 1.82) is 0 Å². The topological polar surface area (TPSA) is 66.4 Å². The van der Waals surface area contributed by atoms with Gasteiger partial charge in [0.25, 0.3) is 0 Å². The van der Waals surface area contributed by atoms with Gasteiger partial charge in [0.05, 0.1) is 16.3 Å². The Balaban J connectivity index is 1.65. The standard InChI is InChI=1S/C23H26N4O2S/c1-17-9-11-18(12-10-17)21-15-22(25-23(24-21)26(2)3)19-13-14-27(16-19)30(28,29)20-7-5-4-6-8-20/h4-12,15,19H,13-14,16H2,1-3H3/t19-/m1/s1. The fraction of sp³-hybridized carbons (Fsp3) is 0.304. The lowest BCUT2D eigenvalue weighted by Gasteiger charge is -2.18. The zero-order valence-electron chi connectivity index (χ0n) is 17.5. The predicted molar refractivity (Wildman–Crippen MR) is 119 cm³/mol. The average molecular weight is 423 g/mol. The van der Waals surface area contributed by atoms with Crippen molar-refractivity contribution in [2.75, 3.05) is 32.1 Å². The highest BCUT2D eigenvalue weighted by Crippen LogP contribution is 2.32. The van der Waals surface area contributed by atoms with Crippen LogP contribution in [0.5, 0.6) is 0 Å². The lowest BCUT2D eigenvalue weighted by Crippen LogP contribution is -2.28. The smallest absolute Gasteiger partial charge is 0.243 e. The largest absolute Gasteiger partial charge is 0.347 e. The molecular weight excluding hydrogens is 396 g/mol. The van der Waals surface area contributed by atoms with Crippen LogP contribution < -0.4 is 4.90 Å². The van der Waals surface area contributed by atoms with Crippen LogP contribution in [0.4, 0.5) is 5.95 Å². The second-order valence-corrected chi connectivity index (χ2v) is 9.84. The average Bonchev–Trinajstić information content (AvgIpc) is 3.26. The molecule has 2 heterocycles. The van der Waals surface area contributed by atoms with Gasteiger partial charge in [-0.15, -0.1) is 0 Å². The van der Waals surface area contributed by atoms with E-state index in [0.717, 1.165) is 23.4 Å². The summed E-state index contributed by atoms with van der Waals surface area (Å²) in [4.78, 5) is 11.7. The molecule has 1 atom stereocenters. The van der Waals surface area contributed by atoms with Gasteiger partial charge >= 0.3 is 0 Å². The lowest BCUT2D eigenvalue weighted by molar-refractivity contribution is 0.472. The molecule has 3 aromatic rings. The van der Waals surface area contributed by atoms with E-state index >= 15 is 0 Å². The van der Waals surface area contributed by atoms with Gasteiger partial charge in [0.2, 0.25) is 16.0 Å². The molecule has 1 aliphatic heterocycles. The fourth-order valence-electron chi connectivity index (χ4n) is 3.66. The van der Waals surface area contributed by atoms with E-state index in [1.54, 1.807) is 28.6 Å². The molecule has 0 spiro atoms. The molecule has 0 unspecified atom stereocenters. The molecule has 0 radical (unpaired) electrons. The van der Waals surface area contributed by atoms with E-state index in [0.29, 0.717) is 23.9 Å². The number of hydrogen-bond donors (Lipinski definition) is 0. The predicted octanol–water partition coefficient (Wildman–Crippen LogP) is 3.70. The Morgan fingerprint density at radius 1 is 1.00 bits per heavy atom. The molecule has 0 bridgehead atoms. The summed E-state index contributed by atoms with van der Waals surface area (Å²) < 4.78 is 27.5. The summed E-state index contributed by atoms with van der Waals surface area (Å²) in [5.74, 6) is 0.668. The maximum absolute atomic E-state index is 13.0. The van der Waals surface area contributed by atoms with Crippen LogP contribution in [-0.2, 0) is 10.0 Å². The highest BCUT2D eigenvalue weighted by Gasteiger charge is 2.34. The minimum Gasteiger partial charge on any atom is -0.347 e. The van der Waals surface area contributed by atoms with E-state index in [4.69, 9.17) is 9.97 Å². The Labute approximate surface area is 178 Å². The molecule has 1 aromatic heterocycles. The number of rotatable bonds is 5. The van der Waals surface area contributed by atoms with E-state index < -0.39 is 10.0 Å². The van der Waals surface area contributed by atoms with E-state index in [1.807, 2.05) is 31.1 Å². The van der Waals surface area contributed by atoms with Crippen LogP contribution in [-0.4, -0.2) is 49.9 Å². The summed E-state index contributed by atoms with van der Waals surface area (Å²) in [5, 5.41) is 0. The molecule has 0 aliphatic carbocycles. The molecule has 0 N–H and O–H groups in total. The molecule has 6 nitrogen and oxygen atoms in total. The second kappa shape index (κ2) is 8.16. The molecule has 2 aromatic carbocycles. The molecule has 1 saturated heterocycles. The number of aromatic nitrogens is 2. The van der Waals surface area contributed by atoms with Gasteiger partial charge in [-0.1, -0.05) is 48.0 Å². The van der Waals surface area contributed by atoms with Crippen molar-refractivity contribution in [3.05, 3.63) is 71.9 Å². The van der Waals surface area contributed by atoms with Crippen LogP contribution >= 0.6 is 0 Å². The van der Waals surface area contributed by atoms with Gasteiger partial charge in [-0.2, -0.15) is 4.31 Å². The number of hydrogen-bond acceptors (Lipinski definition) is 5. The first-order valence-electron chi connectivity index (χ1n) is 10.0. The Bertz CT molecular complexity index is 1130. The molecule has 4 rings (SSSR count). The van der Waals surface area contributed by atoms with Crippen molar-refractivity contribution in [3.63, 3.8) is 0 Å². The fourth-order valence-corrected chi connectivity index (χ4v) is 5.18. The van der Waals surface area contributed by atoms with Crippen molar-refractivity contribution in [2.45, 2.75) is 24.2 Å². The number of sulfonamides is 1. The van der Waals surface area contributed by atoms with Crippen LogP contribution in [0.1, 0.15) is 23.6 Å². The zero-order chi connectivity index (χ0) is 21.3. The van der Waals surface area contributed by atoms with Gasteiger partial charge in [-0.25, -0.2) is 18.4 Å². The Morgan fingerprint density at radius 3 is 2.37 bits per heavy atom. The van der Waals surface area contributed by atoms with E-state index in [-0.39, 0.29) is 5.92 Å². The Morgan fingerprint density at radius 2 is 1.70 bits per heavy atom. The Kier molecular flexibility index (Phi) is 5.58. The molecule has 156 valence electrons. The second-order valence-electron chi connectivity index (χ2n) is 7.90. The van der Waals surface area contributed by atoms with Crippen LogP contribution in [0.25, 0.3) is 11.3 Å². The number of benzene rings is 2. The number of aryl methyl sites for hydroxylation is 1. The van der Waals surface area contributed by atoms with Crippen LogP contribution in [0.15, 0.2) is 65.6 Å². The van der Waals surface area contributed by atoms with E-state index in [9.17, 15) is 8.42 Å². The molecule has 0 amide bonds. The van der Waals surface area contributed by atoms with Crippen molar-refractivity contribution in [2.24, 2.45) is 0 Å². The third-order valence-electron chi connectivity index (χ3n) is 5.43. The minimum atomic E-state index is -3.49.